The molecule has 1 aliphatic rings. The van der Waals surface area contributed by atoms with Crippen LogP contribution in [0, 0.1) is 0 Å². The number of ether oxygens (including phenoxy) is 1. The molecule has 1 amide bonds. The Bertz CT molecular complexity index is 449. The summed E-state index contributed by atoms with van der Waals surface area (Å²) in [6.07, 6.45) is -0.201. The minimum atomic E-state index is -0.716. The molecule has 0 aliphatic carbocycles. The molecule has 2 rings (SSSR count). The van der Waals surface area contributed by atoms with E-state index in [1.807, 2.05) is 30.3 Å². The summed E-state index contributed by atoms with van der Waals surface area (Å²) in [7, 11) is 0. The highest BCUT2D eigenvalue weighted by Gasteiger charge is 2.31. The first-order valence-electron chi connectivity index (χ1n) is 6.25. The van der Waals surface area contributed by atoms with Crippen LogP contribution >= 0.6 is 0 Å². The third-order valence-corrected chi connectivity index (χ3v) is 3.15. The third-order valence-electron chi connectivity index (χ3n) is 3.15. The van der Waals surface area contributed by atoms with Crippen LogP contribution in [-0.4, -0.2) is 36.0 Å². The molecule has 1 fully saturated rings. The number of rotatable bonds is 3. The SMILES string of the molecule is O=C1CCN(C(=O)OCc2ccccc2)[C@@H](CF)C1. The van der Waals surface area contributed by atoms with E-state index < -0.39 is 18.8 Å². The average molecular weight is 265 g/mol. The van der Waals surface area contributed by atoms with Crippen LogP contribution in [0.5, 0.6) is 0 Å². The molecular weight excluding hydrogens is 249 g/mol. The van der Waals surface area contributed by atoms with Crippen molar-refractivity contribution < 1.29 is 18.7 Å². The molecule has 0 saturated carbocycles. The molecule has 1 heterocycles. The zero-order valence-electron chi connectivity index (χ0n) is 10.5. The van der Waals surface area contributed by atoms with Crippen LogP contribution in [0.1, 0.15) is 18.4 Å². The minimum Gasteiger partial charge on any atom is -0.445 e. The highest BCUT2D eigenvalue weighted by atomic mass is 19.1. The highest BCUT2D eigenvalue weighted by Crippen LogP contribution is 2.16. The third kappa shape index (κ3) is 3.53. The standard InChI is InChI=1S/C14H16FNO3/c15-9-12-8-13(17)6-7-16(12)14(18)19-10-11-4-2-1-3-5-11/h1-5,12H,6-10H2/t12-/m1/s1. The number of ketones is 1. The Morgan fingerprint density at radius 2 is 2.11 bits per heavy atom. The molecular formula is C14H16FNO3. The lowest BCUT2D eigenvalue weighted by atomic mass is 10.0. The van der Waals surface area contributed by atoms with Crippen molar-refractivity contribution in [2.24, 2.45) is 0 Å². The first kappa shape index (κ1) is 13.5. The van der Waals surface area contributed by atoms with Crippen LogP contribution in [0.4, 0.5) is 9.18 Å². The fourth-order valence-electron chi connectivity index (χ4n) is 2.08. The maximum atomic E-state index is 12.8. The fourth-order valence-corrected chi connectivity index (χ4v) is 2.08. The van der Waals surface area contributed by atoms with Crippen LogP contribution in [0.15, 0.2) is 30.3 Å². The fraction of sp³-hybridized carbons (Fsp3) is 0.429. The van der Waals surface area contributed by atoms with Crippen molar-refractivity contribution in [1.82, 2.24) is 4.90 Å². The van der Waals surface area contributed by atoms with E-state index in [0.29, 0.717) is 0 Å². The lowest BCUT2D eigenvalue weighted by Gasteiger charge is -2.32. The van der Waals surface area contributed by atoms with Crippen molar-refractivity contribution >= 4 is 11.9 Å². The van der Waals surface area contributed by atoms with Gasteiger partial charge in [0.1, 0.15) is 19.1 Å². The first-order chi connectivity index (χ1) is 9.20. The lowest BCUT2D eigenvalue weighted by molar-refractivity contribution is -0.122. The molecule has 1 atom stereocenters. The summed E-state index contributed by atoms with van der Waals surface area (Å²) in [4.78, 5) is 24.4. The Labute approximate surface area is 111 Å². The topological polar surface area (TPSA) is 46.6 Å². The number of nitrogens with zero attached hydrogens (tertiary/aromatic N) is 1. The molecule has 5 heteroatoms. The Morgan fingerprint density at radius 1 is 1.37 bits per heavy atom. The predicted octanol–water partition coefficient (Wildman–Crippen LogP) is 2.33. The molecule has 1 saturated heterocycles. The van der Waals surface area contributed by atoms with Crippen molar-refractivity contribution in [3.63, 3.8) is 0 Å². The number of Topliss-reactive ketones (excluding diaryl/α,β-unsaturated/α-hetero) is 1. The second-order valence-corrected chi connectivity index (χ2v) is 4.53. The summed E-state index contributed by atoms with van der Waals surface area (Å²) in [5.74, 6) is -0.00485. The molecule has 1 aromatic rings. The molecule has 4 nitrogen and oxygen atoms in total. The zero-order valence-corrected chi connectivity index (χ0v) is 10.5. The van der Waals surface area contributed by atoms with Gasteiger partial charge in [-0.15, -0.1) is 0 Å². The molecule has 0 N–H and O–H groups in total. The van der Waals surface area contributed by atoms with E-state index in [4.69, 9.17) is 4.74 Å². The van der Waals surface area contributed by atoms with Gasteiger partial charge >= 0.3 is 6.09 Å². The normalized spacial score (nSPS) is 19.3. The summed E-state index contributed by atoms with van der Waals surface area (Å²) in [5, 5.41) is 0. The largest absolute Gasteiger partial charge is 0.445 e. The zero-order chi connectivity index (χ0) is 13.7. The van der Waals surface area contributed by atoms with Gasteiger partial charge in [0.05, 0.1) is 6.04 Å². The Balaban J connectivity index is 1.90. The number of alkyl halides is 1. The molecule has 1 aromatic carbocycles. The second kappa shape index (κ2) is 6.31. The van der Waals surface area contributed by atoms with E-state index in [1.54, 1.807) is 0 Å². The van der Waals surface area contributed by atoms with Crippen molar-refractivity contribution in [2.75, 3.05) is 13.2 Å². The first-order valence-corrected chi connectivity index (χ1v) is 6.25. The molecule has 0 radical (unpaired) electrons. The number of halogens is 1. The smallest absolute Gasteiger partial charge is 0.410 e. The van der Waals surface area contributed by atoms with Crippen molar-refractivity contribution in [2.45, 2.75) is 25.5 Å². The van der Waals surface area contributed by atoms with Gasteiger partial charge in [0.15, 0.2) is 0 Å². The predicted molar refractivity (Wildman–Crippen MR) is 67.3 cm³/mol. The maximum Gasteiger partial charge on any atom is 0.410 e. The van der Waals surface area contributed by atoms with E-state index in [1.165, 1.54) is 4.90 Å². The van der Waals surface area contributed by atoms with Crippen LogP contribution in [0.3, 0.4) is 0 Å². The van der Waals surface area contributed by atoms with E-state index >= 15 is 0 Å². The van der Waals surface area contributed by atoms with Gasteiger partial charge in [-0.3, -0.25) is 4.79 Å². The molecule has 1 aliphatic heterocycles. The van der Waals surface area contributed by atoms with E-state index in [9.17, 15) is 14.0 Å². The number of hydrogen-bond donors (Lipinski definition) is 0. The number of carbonyl (C=O) groups is 2. The number of carbonyl (C=O) groups excluding carboxylic acids is 2. The Kier molecular flexibility index (Phi) is 4.49. The monoisotopic (exact) mass is 265 g/mol. The highest BCUT2D eigenvalue weighted by molar-refractivity contribution is 5.82. The summed E-state index contributed by atoms with van der Waals surface area (Å²) in [6, 6.07) is 8.60. The average Bonchev–Trinajstić information content (AvgIpc) is 2.45. The summed E-state index contributed by atoms with van der Waals surface area (Å²) in [6.45, 7) is -0.323. The number of hydrogen-bond acceptors (Lipinski definition) is 3. The Morgan fingerprint density at radius 3 is 2.79 bits per heavy atom. The summed E-state index contributed by atoms with van der Waals surface area (Å²) >= 11 is 0. The number of likely N-dealkylation sites (tertiary alicyclic amines) is 1. The van der Waals surface area contributed by atoms with Gasteiger partial charge in [-0.1, -0.05) is 30.3 Å². The molecule has 0 spiro atoms. The van der Waals surface area contributed by atoms with Crippen molar-refractivity contribution in [3.8, 4) is 0 Å². The van der Waals surface area contributed by atoms with Crippen LogP contribution < -0.4 is 0 Å². The van der Waals surface area contributed by atoms with Crippen molar-refractivity contribution in [1.29, 1.82) is 0 Å². The Hall–Kier alpha value is -1.91. The van der Waals surface area contributed by atoms with Crippen LogP contribution in [-0.2, 0) is 16.1 Å². The number of amides is 1. The maximum absolute atomic E-state index is 12.8. The molecule has 0 bridgehead atoms. The van der Waals surface area contributed by atoms with Gasteiger partial charge in [-0.2, -0.15) is 0 Å². The lowest BCUT2D eigenvalue weighted by Crippen LogP contribution is -2.47. The van der Waals surface area contributed by atoms with Gasteiger partial charge in [-0.25, -0.2) is 9.18 Å². The van der Waals surface area contributed by atoms with Gasteiger partial charge < -0.3 is 9.64 Å². The quantitative estimate of drug-likeness (QED) is 0.842. The van der Waals surface area contributed by atoms with Gasteiger partial charge in [0.25, 0.3) is 0 Å². The molecule has 0 unspecified atom stereocenters. The van der Waals surface area contributed by atoms with E-state index in [0.717, 1.165) is 5.56 Å². The van der Waals surface area contributed by atoms with Gasteiger partial charge in [0.2, 0.25) is 0 Å². The molecule has 0 aromatic heterocycles. The van der Waals surface area contributed by atoms with E-state index in [2.05, 4.69) is 0 Å². The minimum absolute atomic E-state index is 0.00485. The number of benzene rings is 1. The van der Waals surface area contributed by atoms with Gasteiger partial charge in [0, 0.05) is 19.4 Å². The second-order valence-electron chi connectivity index (χ2n) is 4.53. The van der Waals surface area contributed by atoms with E-state index in [-0.39, 0.29) is 31.8 Å². The van der Waals surface area contributed by atoms with Crippen LogP contribution in [0.2, 0.25) is 0 Å². The van der Waals surface area contributed by atoms with Crippen LogP contribution in [0.25, 0.3) is 0 Å². The van der Waals surface area contributed by atoms with Crippen molar-refractivity contribution in [3.05, 3.63) is 35.9 Å². The number of piperidine rings is 1. The van der Waals surface area contributed by atoms with Gasteiger partial charge in [-0.05, 0) is 5.56 Å². The summed E-state index contributed by atoms with van der Waals surface area (Å²) < 4.78 is 18.0. The molecule has 19 heavy (non-hydrogen) atoms. The summed E-state index contributed by atoms with van der Waals surface area (Å²) in [5.41, 5.74) is 0.876. The molecule has 102 valence electrons.